The second-order valence-corrected chi connectivity index (χ2v) is 9.52. The van der Waals surface area contributed by atoms with Crippen molar-refractivity contribution in [3.8, 4) is 0 Å². The van der Waals surface area contributed by atoms with Crippen molar-refractivity contribution in [3.63, 3.8) is 0 Å². The number of morpholine rings is 1. The summed E-state index contributed by atoms with van der Waals surface area (Å²) in [4.78, 5) is 39.8. The van der Waals surface area contributed by atoms with Crippen LogP contribution < -0.4 is 15.8 Å². The molecule has 0 atom stereocenters. The van der Waals surface area contributed by atoms with Gasteiger partial charge in [0.15, 0.2) is 11.5 Å². The van der Waals surface area contributed by atoms with E-state index in [1.54, 1.807) is 10.8 Å². The number of rotatable bonds is 8. The molecule has 2 aromatic heterocycles. The monoisotopic (exact) mass is 490 g/mol. The van der Waals surface area contributed by atoms with Crippen molar-refractivity contribution in [2.45, 2.75) is 25.8 Å². The number of aromatic nitrogens is 3. The molecule has 1 amide bonds. The molecule has 9 heteroatoms. The lowest BCUT2D eigenvalue weighted by Crippen LogP contribution is -2.44. The summed E-state index contributed by atoms with van der Waals surface area (Å²) in [5.74, 6) is 0.530. The lowest BCUT2D eigenvalue weighted by atomic mass is 9.96. The molecule has 190 valence electrons. The van der Waals surface area contributed by atoms with Crippen molar-refractivity contribution in [1.29, 1.82) is 0 Å². The molecule has 2 aliphatic heterocycles. The number of carbonyl (C=O) groups is 1. The molecule has 0 aliphatic carbocycles. The molecule has 0 radical (unpaired) electrons. The molecule has 2 aliphatic rings. The summed E-state index contributed by atoms with van der Waals surface area (Å²) in [5, 5.41) is 3.11. The SMILES string of the molecule is O=C(NCCCN1CCOCC1)C1CCN(c2nc3cccnc3n(Cc3ccccc3)c2=O)CC1. The van der Waals surface area contributed by atoms with Gasteiger partial charge in [-0.3, -0.25) is 19.1 Å². The molecule has 9 nitrogen and oxygen atoms in total. The summed E-state index contributed by atoms with van der Waals surface area (Å²) < 4.78 is 7.09. The van der Waals surface area contributed by atoms with Gasteiger partial charge in [0.2, 0.25) is 5.91 Å². The third-order valence-electron chi connectivity index (χ3n) is 7.09. The highest BCUT2D eigenvalue weighted by Gasteiger charge is 2.27. The van der Waals surface area contributed by atoms with E-state index >= 15 is 0 Å². The molecule has 3 aromatic rings. The predicted octanol–water partition coefficient (Wildman–Crippen LogP) is 1.89. The van der Waals surface area contributed by atoms with E-state index in [0.717, 1.165) is 44.8 Å². The second-order valence-electron chi connectivity index (χ2n) is 9.52. The van der Waals surface area contributed by atoms with Crippen LogP contribution in [-0.2, 0) is 16.1 Å². The quantitative estimate of drug-likeness (QED) is 0.482. The Morgan fingerprint density at radius 1 is 1.03 bits per heavy atom. The minimum absolute atomic E-state index is 0.0293. The highest BCUT2D eigenvalue weighted by Crippen LogP contribution is 2.22. The van der Waals surface area contributed by atoms with Gasteiger partial charge in [0, 0.05) is 44.8 Å². The number of benzene rings is 1. The van der Waals surface area contributed by atoms with Gasteiger partial charge in [0.25, 0.3) is 5.56 Å². The lowest BCUT2D eigenvalue weighted by molar-refractivity contribution is -0.125. The molecule has 4 heterocycles. The zero-order chi connectivity index (χ0) is 24.7. The van der Waals surface area contributed by atoms with Gasteiger partial charge in [-0.05, 0) is 43.5 Å². The smallest absolute Gasteiger partial charge is 0.295 e. The first-order chi connectivity index (χ1) is 17.7. The maximum atomic E-state index is 13.5. The number of nitrogens with one attached hydrogen (secondary N) is 1. The van der Waals surface area contributed by atoms with Crippen LogP contribution in [0.3, 0.4) is 0 Å². The topological polar surface area (TPSA) is 92.6 Å². The maximum Gasteiger partial charge on any atom is 0.295 e. The summed E-state index contributed by atoms with van der Waals surface area (Å²) in [6, 6.07) is 13.6. The van der Waals surface area contributed by atoms with Crippen molar-refractivity contribution >= 4 is 22.9 Å². The summed E-state index contributed by atoms with van der Waals surface area (Å²) in [7, 11) is 0. The van der Waals surface area contributed by atoms with Crippen LogP contribution >= 0.6 is 0 Å². The van der Waals surface area contributed by atoms with E-state index in [4.69, 9.17) is 9.72 Å². The Labute approximate surface area is 211 Å². The van der Waals surface area contributed by atoms with Gasteiger partial charge in [-0.1, -0.05) is 30.3 Å². The Balaban J connectivity index is 1.21. The molecular weight excluding hydrogens is 456 g/mol. The molecule has 0 saturated carbocycles. The Kier molecular flexibility index (Phi) is 7.88. The van der Waals surface area contributed by atoms with Crippen molar-refractivity contribution in [2.24, 2.45) is 5.92 Å². The third-order valence-corrected chi connectivity index (χ3v) is 7.09. The number of hydrogen-bond donors (Lipinski definition) is 1. The molecular formula is C27H34N6O3. The Bertz CT molecular complexity index is 1220. The molecule has 5 rings (SSSR count). The number of pyridine rings is 1. The van der Waals surface area contributed by atoms with Gasteiger partial charge in [-0.25, -0.2) is 9.97 Å². The summed E-state index contributed by atoms with van der Waals surface area (Å²) >= 11 is 0. The van der Waals surface area contributed by atoms with Gasteiger partial charge in [-0.2, -0.15) is 0 Å². The minimum Gasteiger partial charge on any atom is -0.379 e. The summed E-state index contributed by atoms with van der Waals surface area (Å²) in [5.41, 5.74) is 2.17. The van der Waals surface area contributed by atoms with E-state index in [-0.39, 0.29) is 17.4 Å². The highest BCUT2D eigenvalue weighted by molar-refractivity contribution is 5.79. The number of piperidine rings is 1. The first-order valence-electron chi connectivity index (χ1n) is 12.9. The Morgan fingerprint density at radius 3 is 2.58 bits per heavy atom. The van der Waals surface area contributed by atoms with Gasteiger partial charge >= 0.3 is 0 Å². The van der Waals surface area contributed by atoms with Gasteiger partial charge in [0.1, 0.15) is 5.52 Å². The molecule has 2 saturated heterocycles. The number of ether oxygens (including phenoxy) is 1. The van der Waals surface area contributed by atoms with Crippen LogP contribution in [0.5, 0.6) is 0 Å². The van der Waals surface area contributed by atoms with Gasteiger partial charge in [-0.15, -0.1) is 0 Å². The summed E-state index contributed by atoms with van der Waals surface area (Å²) in [6.07, 6.45) is 4.05. The zero-order valence-corrected chi connectivity index (χ0v) is 20.6. The largest absolute Gasteiger partial charge is 0.379 e. The Hall–Kier alpha value is -3.30. The Morgan fingerprint density at radius 2 is 1.81 bits per heavy atom. The number of fused-ring (bicyclic) bond motifs is 1. The third kappa shape index (κ3) is 5.74. The predicted molar refractivity (Wildman–Crippen MR) is 139 cm³/mol. The van der Waals surface area contributed by atoms with Crippen molar-refractivity contribution in [2.75, 3.05) is 57.4 Å². The van der Waals surface area contributed by atoms with Crippen molar-refractivity contribution in [1.82, 2.24) is 24.8 Å². The molecule has 0 spiro atoms. The number of amides is 1. The van der Waals surface area contributed by atoms with Gasteiger partial charge in [0.05, 0.1) is 19.8 Å². The average Bonchev–Trinajstić information content (AvgIpc) is 2.93. The number of anilines is 1. The van der Waals surface area contributed by atoms with Crippen LogP contribution in [-0.4, -0.2) is 77.8 Å². The average molecular weight is 491 g/mol. The van der Waals surface area contributed by atoms with E-state index in [0.29, 0.717) is 56.0 Å². The van der Waals surface area contributed by atoms with E-state index in [1.165, 1.54) is 0 Å². The van der Waals surface area contributed by atoms with Crippen LogP contribution in [0.15, 0.2) is 53.5 Å². The van der Waals surface area contributed by atoms with E-state index in [1.807, 2.05) is 47.4 Å². The molecule has 0 unspecified atom stereocenters. The number of carbonyl (C=O) groups excluding carboxylic acids is 1. The second kappa shape index (κ2) is 11.6. The summed E-state index contributed by atoms with van der Waals surface area (Å²) in [6.45, 7) is 6.91. The van der Waals surface area contributed by atoms with Crippen LogP contribution in [0.1, 0.15) is 24.8 Å². The normalized spacial score (nSPS) is 17.4. The lowest BCUT2D eigenvalue weighted by Gasteiger charge is -2.32. The number of hydrogen-bond acceptors (Lipinski definition) is 7. The maximum absolute atomic E-state index is 13.5. The number of nitrogens with zero attached hydrogens (tertiary/aromatic N) is 5. The van der Waals surface area contributed by atoms with E-state index in [9.17, 15) is 9.59 Å². The van der Waals surface area contributed by atoms with Crippen molar-refractivity contribution < 1.29 is 9.53 Å². The fourth-order valence-electron chi connectivity index (χ4n) is 5.02. The fraction of sp³-hybridized carbons (Fsp3) is 0.481. The fourth-order valence-corrected chi connectivity index (χ4v) is 5.02. The van der Waals surface area contributed by atoms with E-state index < -0.39 is 0 Å². The molecule has 1 aromatic carbocycles. The van der Waals surface area contributed by atoms with Crippen LogP contribution in [0.4, 0.5) is 5.82 Å². The van der Waals surface area contributed by atoms with Crippen molar-refractivity contribution in [3.05, 3.63) is 64.6 Å². The molecule has 0 bridgehead atoms. The van der Waals surface area contributed by atoms with E-state index in [2.05, 4.69) is 15.2 Å². The van der Waals surface area contributed by atoms with Crippen LogP contribution in [0, 0.1) is 5.92 Å². The first-order valence-corrected chi connectivity index (χ1v) is 12.9. The standard InChI is InChI=1S/C27H34N6O3/c34-26(29-12-5-13-31-16-18-36-19-17-31)22-9-14-32(15-10-22)25-27(35)33(20-21-6-2-1-3-7-21)24-23(30-25)8-4-11-28-24/h1-4,6-8,11,22H,5,9-10,12-20H2,(H,29,34). The zero-order valence-electron chi connectivity index (χ0n) is 20.6. The van der Waals surface area contributed by atoms with Crippen LogP contribution in [0.2, 0.25) is 0 Å². The minimum atomic E-state index is -0.143. The molecule has 1 N–H and O–H groups in total. The van der Waals surface area contributed by atoms with Gasteiger partial charge < -0.3 is 15.0 Å². The van der Waals surface area contributed by atoms with Crippen LogP contribution in [0.25, 0.3) is 11.2 Å². The molecule has 2 fully saturated rings. The first kappa shape index (κ1) is 24.4. The highest BCUT2D eigenvalue weighted by atomic mass is 16.5. The molecule has 36 heavy (non-hydrogen) atoms.